The molecule has 2 spiro atoms. The van der Waals surface area contributed by atoms with Gasteiger partial charge in [0.05, 0.1) is 51.7 Å². The fraction of sp³-hybridized carbons (Fsp3) is 0.581. The Labute approximate surface area is 642 Å². The number of H-pyrrole nitrogens is 2. The molecule has 6 fully saturated rings. The third kappa shape index (κ3) is 9.60. The molecule has 4 aromatic carbocycles. The molecule has 588 valence electrons. The van der Waals surface area contributed by atoms with Crippen LogP contribution in [0, 0.1) is 22.7 Å². The molecule has 2 amide bonds. The van der Waals surface area contributed by atoms with Crippen molar-refractivity contribution in [1.82, 2.24) is 29.6 Å². The number of hydrogen-bond acceptors (Lipinski definition) is 20. The quantitative estimate of drug-likeness (QED) is 0.0537. The van der Waals surface area contributed by atoms with E-state index >= 15 is 9.59 Å². The van der Waals surface area contributed by atoms with Crippen LogP contribution in [0.3, 0.4) is 0 Å². The van der Waals surface area contributed by atoms with Gasteiger partial charge in [-0.15, -0.1) is 0 Å². The van der Waals surface area contributed by atoms with E-state index in [2.05, 4.69) is 53.8 Å². The Kier molecular flexibility index (Phi) is 17.6. The fourth-order valence-electron chi connectivity index (χ4n) is 26.1. The molecule has 24 nitrogen and oxygen atoms in total. The molecule has 6 aromatic rings. The van der Waals surface area contributed by atoms with Crippen LogP contribution < -0.4 is 30.7 Å². The van der Waals surface area contributed by atoms with Gasteiger partial charge >= 0.3 is 11.9 Å². The van der Waals surface area contributed by atoms with Crippen LogP contribution in [-0.4, -0.2) is 251 Å². The van der Waals surface area contributed by atoms with E-state index in [9.17, 15) is 40.2 Å². The van der Waals surface area contributed by atoms with Crippen LogP contribution in [0.1, 0.15) is 137 Å². The molecule has 18 rings (SSSR count). The van der Waals surface area contributed by atoms with Crippen molar-refractivity contribution >= 4 is 56.9 Å². The van der Waals surface area contributed by atoms with E-state index in [0.29, 0.717) is 139 Å². The summed E-state index contributed by atoms with van der Waals surface area (Å²) in [4.78, 5) is 78.5. The Morgan fingerprint density at radius 1 is 0.518 bits per heavy atom. The summed E-state index contributed by atoms with van der Waals surface area (Å²) in [6.07, 6.45) is 11.6. The van der Waals surface area contributed by atoms with E-state index in [1.807, 2.05) is 124 Å². The van der Waals surface area contributed by atoms with Crippen LogP contribution in [0.2, 0.25) is 0 Å². The molecule has 110 heavy (non-hydrogen) atoms. The first kappa shape index (κ1) is 74.8. The molecule has 12 heterocycles. The highest BCUT2D eigenvalue weighted by Crippen LogP contribution is 2.70. The maximum Gasteiger partial charge on any atom is 0.322 e. The number of nitrogens with two attached hydrogens (primary N) is 2. The molecule has 2 aliphatic carbocycles. The van der Waals surface area contributed by atoms with E-state index in [0.717, 1.165) is 93.0 Å². The number of fused-ring (bicyclic) bond motifs is 12. The van der Waals surface area contributed by atoms with Gasteiger partial charge in [-0.25, -0.2) is 0 Å². The number of primary amides is 2. The van der Waals surface area contributed by atoms with Gasteiger partial charge in [-0.2, -0.15) is 0 Å². The zero-order valence-electron chi connectivity index (χ0n) is 65.2. The molecule has 10 aliphatic heterocycles. The summed E-state index contributed by atoms with van der Waals surface area (Å²) in [6, 6.07) is 22.0. The number of aromatic amines is 2. The lowest BCUT2D eigenvalue weighted by atomic mass is 9.47. The van der Waals surface area contributed by atoms with Crippen LogP contribution in [-0.2, 0) is 63.2 Å². The fourth-order valence-corrected chi connectivity index (χ4v) is 26.1. The number of piperidine rings is 2. The Hall–Kier alpha value is -7.88. The maximum absolute atomic E-state index is 15.2. The van der Waals surface area contributed by atoms with Gasteiger partial charge in [0.2, 0.25) is 0 Å². The second-order valence-electron chi connectivity index (χ2n) is 35.0. The first-order valence-electron chi connectivity index (χ1n) is 40.0. The van der Waals surface area contributed by atoms with E-state index in [4.69, 9.17) is 30.4 Å². The zero-order chi connectivity index (χ0) is 77.7. The number of likely N-dealkylation sites (N-methyl/N-ethyl adjacent to an activating group) is 2. The topological polar surface area (TPSA) is 330 Å². The molecule has 4 saturated heterocycles. The molecule has 4 bridgehead atoms. The van der Waals surface area contributed by atoms with Gasteiger partial charge < -0.3 is 80.8 Å². The number of nitrogens with one attached hydrogen (secondary N) is 2. The number of para-hydroxylation sites is 2. The lowest BCUT2D eigenvalue weighted by Crippen LogP contribution is -2.81. The Morgan fingerprint density at radius 2 is 0.909 bits per heavy atom. The molecular weight excluding hydrogens is 1400 g/mol. The van der Waals surface area contributed by atoms with Crippen LogP contribution in [0.5, 0.6) is 11.5 Å². The van der Waals surface area contributed by atoms with E-state index in [1.54, 1.807) is 14.2 Å². The molecule has 2 aromatic heterocycles. The summed E-state index contributed by atoms with van der Waals surface area (Å²) >= 11 is 0. The highest BCUT2D eigenvalue weighted by atomic mass is 16.5. The molecule has 0 unspecified atom stereocenters. The Balaban J connectivity index is 0.000000160. The monoisotopic (exact) mass is 1510 g/mol. The number of rotatable bonds is 12. The van der Waals surface area contributed by atoms with Crippen molar-refractivity contribution in [2.45, 2.75) is 185 Å². The summed E-state index contributed by atoms with van der Waals surface area (Å²) in [5.41, 5.74) is 9.45. The van der Waals surface area contributed by atoms with Crippen LogP contribution in [0.25, 0.3) is 21.8 Å². The number of carbonyl (C=O) groups excluding carboxylic acids is 4. The standard InChI is InChI=1S/2C43H55N5O7/c2*1-6-39(52)21-25-22-42(38(51)55-5,33-27(13-17-47(23-25)24-39)26-11-8-9-12-30(26)45-33)29-19-28-31(20-32(29)54-4)46(3)35-41(28)15-18-48-16-10-14-40(7-2,34(41)48)36(49)43(35,53)37(44)50/h2*8-12,14,19-20,25,34-36,45,49,52-53H,6-7,13,15-18,21-24H2,1-5H3,(H2,44,50)/t2*25-,34+,35-,36-,39+,40-,41-,42+,43+/m11/s1. The average Bonchev–Trinajstić information content (AvgIpc) is 1.47. The molecule has 12 N–H and O–H groups in total. The number of aromatic nitrogens is 2. The minimum atomic E-state index is -2.30. The third-order valence-electron chi connectivity index (χ3n) is 30.5. The van der Waals surface area contributed by atoms with Gasteiger partial charge in [-0.05, 0) is 148 Å². The van der Waals surface area contributed by atoms with Gasteiger partial charge in [0, 0.05) is 168 Å². The van der Waals surface area contributed by atoms with Crippen molar-refractivity contribution < 1.29 is 68.8 Å². The van der Waals surface area contributed by atoms with Gasteiger partial charge in [-0.3, -0.25) is 38.8 Å². The highest BCUT2D eigenvalue weighted by molar-refractivity contribution is 5.97. The Morgan fingerprint density at radius 3 is 1.26 bits per heavy atom. The van der Waals surface area contributed by atoms with Crippen LogP contribution in [0.15, 0.2) is 97.1 Å². The lowest BCUT2D eigenvalue weighted by Gasteiger charge is -2.63. The number of anilines is 2. The minimum absolute atomic E-state index is 0.0790. The lowest BCUT2D eigenvalue weighted by molar-refractivity contribution is -0.201. The number of benzene rings is 4. The summed E-state index contributed by atoms with van der Waals surface area (Å²) in [5, 5.41) is 75.9. The van der Waals surface area contributed by atoms with Gasteiger partial charge in [0.15, 0.2) is 11.2 Å². The number of amides is 2. The number of aliphatic hydroxyl groups is 6. The summed E-state index contributed by atoms with van der Waals surface area (Å²) < 4.78 is 24.4. The van der Waals surface area contributed by atoms with E-state index < -0.39 is 103 Å². The van der Waals surface area contributed by atoms with Crippen LogP contribution >= 0.6 is 0 Å². The zero-order valence-corrected chi connectivity index (χ0v) is 65.2. The third-order valence-corrected chi connectivity index (χ3v) is 30.5. The van der Waals surface area contributed by atoms with Gasteiger partial charge in [-0.1, -0.05) is 88.4 Å². The average molecular weight is 1510 g/mol. The second-order valence-corrected chi connectivity index (χ2v) is 35.0. The number of methoxy groups -OCH3 is 4. The molecule has 2 saturated carbocycles. The van der Waals surface area contributed by atoms with Crippen molar-refractivity contribution in [3.63, 3.8) is 0 Å². The molecule has 0 radical (unpaired) electrons. The SMILES string of the molecule is CC[C@]1(O)C[C@H]2C[N@](CCc3c([nH]c4ccccc34)[C@@](C(=O)OC)(c3cc4c(cc3OC)N(C)[C@H]3[C@@](O)(C(N)=O)[C@H](O)[C@]5(CC)C=CCN6CC[C@]43[C@@H]65)C2)C1.CC[C@]1(O)C[C@H]2C[N@](CCc3c([nH]c4ccccc34)[C@@](C(=O)OC)(c3cc4c(cc3OC)N(C)[C@H]3[C@@](O)(C(N)=O)[C@H](O)[C@]5(CC)C=CCN6CC[C@]43[C@@H]65)C2)C1. The molecule has 12 aliphatic rings. The van der Waals surface area contributed by atoms with Gasteiger partial charge in [0.25, 0.3) is 11.8 Å². The molecule has 20 atom stereocenters. The number of esters is 2. The number of aliphatic hydroxyl groups excluding tert-OH is 2. The first-order chi connectivity index (χ1) is 52.6. The van der Waals surface area contributed by atoms with E-state index in [-0.39, 0.29) is 23.9 Å². The summed E-state index contributed by atoms with van der Waals surface area (Å²) in [5.74, 6) is -2.00. The summed E-state index contributed by atoms with van der Waals surface area (Å²) in [6.45, 7) is 14.8. The van der Waals surface area contributed by atoms with Crippen LogP contribution in [0.4, 0.5) is 11.4 Å². The highest BCUT2D eigenvalue weighted by Gasteiger charge is 2.81. The second kappa shape index (κ2) is 25.8. The maximum atomic E-state index is 15.2. The number of nitrogens with zero attached hydrogens (tertiary/aromatic N) is 6. The molecular formula is C86H110N10O14. The van der Waals surface area contributed by atoms with E-state index in [1.165, 1.54) is 14.2 Å². The minimum Gasteiger partial charge on any atom is -0.496 e. The van der Waals surface area contributed by atoms with Gasteiger partial charge in [0.1, 0.15) is 34.5 Å². The largest absolute Gasteiger partial charge is 0.496 e. The van der Waals surface area contributed by atoms with Crippen molar-refractivity contribution in [2.24, 2.45) is 34.1 Å². The van der Waals surface area contributed by atoms with Crippen molar-refractivity contribution in [1.29, 1.82) is 0 Å². The summed E-state index contributed by atoms with van der Waals surface area (Å²) in [7, 11) is 9.78. The molecule has 24 heteroatoms. The predicted octanol–water partition coefficient (Wildman–Crippen LogP) is 5.46. The van der Waals surface area contributed by atoms with Crippen molar-refractivity contribution in [3.8, 4) is 11.5 Å². The first-order valence-corrected chi connectivity index (χ1v) is 40.0. The normalized spacial score (nSPS) is 39.0. The number of hydrogen-bond donors (Lipinski definition) is 10. The number of carbonyl (C=O) groups is 4. The van der Waals surface area contributed by atoms with Crippen molar-refractivity contribution in [2.75, 3.05) is 118 Å². The Bertz CT molecular complexity index is 4530. The number of ether oxygens (including phenoxy) is 4. The smallest absolute Gasteiger partial charge is 0.322 e. The van der Waals surface area contributed by atoms with Crippen molar-refractivity contribution in [3.05, 3.63) is 142 Å². The predicted molar refractivity (Wildman–Crippen MR) is 416 cm³/mol.